The molecule has 0 spiro atoms. The third-order valence-corrected chi connectivity index (χ3v) is 6.84. The number of benzene rings is 2. The highest BCUT2D eigenvalue weighted by molar-refractivity contribution is 6.21. The number of nitrogens with zero attached hydrogens (tertiary/aromatic N) is 4. The van der Waals surface area contributed by atoms with E-state index in [0.29, 0.717) is 25.2 Å². The van der Waals surface area contributed by atoms with Gasteiger partial charge in [0.05, 0.1) is 23.9 Å². The van der Waals surface area contributed by atoms with Crippen LogP contribution in [-0.2, 0) is 9.59 Å². The Balaban J connectivity index is 1.41. The molecule has 2 aromatic carbocycles. The highest BCUT2D eigenvalue weighted by Crippen LogP contribution is 2.41. The molecule has 3 heterocycles. The summed E-state index contributed by atoms with van der Waals surface area (Å²) in [5.74, 6) is -0.903. The summed E-state index contributed by atoms with van der Waals surface area (Å²) in [4.78, 5) is 31.9. The van der Waals surface area contributed by atoms with E-state index < -0.39 is 0 Å². The average Bonchev–Trinajstić information content (AvgIpc) is 3.38. The average molecular weight is 443 g/mol. The summed E-state index contributed by atoms with van der Waals surface area (Å²) in [5.41, 5.74) is 1.97. The van der Waals surface area contributed by atoms with Crippen molar-refractivity contribution in [2.75, 3.05) is 10.2 Å². The Morgan fingerprint density at radius 3 is 2.21 bits per heavy atom. The molecule has 6 rings (SSSR count). The van der Waals surface area contributed by atoms with Crippen LogP contribution in [0.3, 0.4) is 0 Å². The summed E-state index contributed by atoms with van der Waals surface area (Å²) >= 11 is 0. The number of hydrogen-bond donors (Lipinski definition) is 1. The van der Waals surface area contributed by atoms with E-state index in [1.54, 1.807) is 16.8 Å². The van der Waals surface area contributed by atoms with Crippen LogP contribution in [0.25, 0.3) is 0 Å². The number of hydrogen-bond acceptors (Lipinski definition) is 5. The molecule has 0 saturated carbocycles. The Morgan fingerprint density at radius 2 is 1.55 bits per heavy atom. The van der Waals surface area contributed by atoms with Gasteiger partial charge in [0.15, 0.2) is 0 Å². The quantitative estimate of drug-likeness (QED) is 0.489. The largest absolute Gasteiger partial charge is 0.347 e. The van der Waals surface area contributed by atoms with Gasteiger partial charge in [-0.15, -0.1) is 5.10 Å². The Kier molecular flexibility index (Phi) is 4.60. The van der Waals surface area contributed by atoms with Crippen LogP contribution in [0.2, 0.25) is 0 Å². The van der Waals surface area contributed by atoms with Crippen molar-refractivity contribution in [1.29, 1.82) is 0 Å². The summed E-state index contributed by atoms with van der Waals surface area (Å²) in [7, 11) is 0. The molecule has 166 valence electrons. The first-order chi connectivity index (χ1) is 16.1. The van der Waals surface area contributed by atoms with Crippen molar-refractivity contribution in [3.8, 4) is 0 Å². The van der Waals surface area contributed by atoms with Crippen LogP contribution in [-0.4, -0.2) is 26.6 Å². The van der Waals surface area contributed by atoms with Gasteiger partial charge in [-0.1, -0.05) is 54.6 Å². The number of fused-ring (bicyclic) bond motifs is 2. The van der Waals surface area contributed by atoms with E-state index in [-0.39, 0.29) is 47.5 Å². The van der Waals surface area contributed by atoms with Crippen LogP contribution in [0, 0.1) is 17.7 Å². The summed E-state index contributed by atoms with van der Waals surface area (Å²) in [6, 6.07) is 16.1. The maximum atomic E-state index is 13.6. The fraction of sp³-hybridized carbons (Fsp3) is 0.280. The lowest BCUT2D eigenvalue weighted by atomic mass is 9.85. The van der Waals surface area contributed by atoms with Gasteiger partial charge in [-0.2, -0.15) is 4.98 Å². The van der Waals surface area contributed by atoms with Crippen molar-refractivity contribution in [1.82, 2.24) is 14.8 Å². The lowest BCUT2D eigenvalue weighted by molar-refractivity contribution is -0.122. The Labute approximate surface area is 189 Å². The number of carbonyl (C=O) groups is 2. The van der Waals surface area contributed by atoms with Gasteiger partial charge in [-0.05, 0) is 42.5 Å². The van der Waals surface area contributed by atoms with Gasteiger partial charge in [-0.25, -0.2) is 14.0 Å². The fourth-order valence-corrected chi connectivity index (χ4v) is 5.12. The summed E-state index contributed by atoms with van der Waals surface area (Å²) in [6.07, 6.45) is 5.69. The van der Waals surface area contributed by atoms with E-state index in [0.717, 1.165) is 16.0 Å². The van der Waals surface area contributed by atoms with Crippen LogP contribution in [0.15, 0.2) is 66.7 Å². The first kappa shape index (κ1) is 19.8. The number of imide groups is 1. The summed E-state index contributed by atoms with van der Waals surface area (Å²) in [6.45, 7) is 0. The zero-order valence-corrected chi connectivity index (χ0v) is 17.8. The van der Waals surface area contributed by atoms with E-state index in [9.17, 15) is 14.0 Å². The molecule has 0 unspecified atom stereocenters. The Morgan fingerprint density at radius 1 is 0.879 bits per heavy atom. The third kappa shape index (κ3) is 3.25. The molecule has 1 saturated heterocycles. The maximum absolute atomic E-state index is 13.6. The molecule has 1 aromatic heterocycles. The van der Waals surface area contributed by atoms with Gasteiger partial charge in [-0.3, -0.25) is 9.59 Å². The zero-order valence-electron chi connectivity index (χ0n) is 17.8. The van der Waals surface area contributed by atoms with E-state index in [4.69, 9.17) is 0 Å². The predicted octanol–water partition coefficient (Wildman–Crippen LogP) is 4.02. The molecule has 2 amide bonds. The molecule has 8 heteroatoms. The van der Waals surface area contributed by atoms with Crippen molar-refractivity contribution in [3.05, 3.63) is 83.7 Å². The van der Waals surface area contributed by atoms with Crippen molar-refractivity contribution in [3.63, 3.8) is 0 Å². The minimum Gasteiger partial charge on any atom is -0.347 e. The molecule has 2 aliphatic heterocycles. The first-order valence-corrected chi connectivity index (χ1v) is 11.2. The third-order valence-electron chi connectivity index (χ3n) is 6.84. The second-order valence-corrected chi connectivity index (χ2v) is 8.76. The Bertz CT molecular complexity index is 1230. The van der Waals surface area contributed by atoms with E-state index in [1.807, 2.05) is 42.5 Å². The van der Waals surface area contributed by atoms with Crippen LogP contribution >= 0.6 is 0 Å². The molecular weight excluding hydrogens is 421 g/mol. The second kappa shape index (κ2) is 7.65. The number of carbonyl (C=O) groups excluding carboxylic acids is 2. The van der Waals surface area contributed by atoms with E-state index >= 15 is 0 Å². The fourth-order valence-electron chi connectivity index (χ4n) is 5.12. The van der Waals surface area contributed by atoms with Gasteiger partial charge in [0.25, 0.3) is 5.95 Å². The molecule has 3 aliphatic rings. The number of amides is 2. The van der Waals surface area contributed by atoms with Gasteiger partial charge in [0.1, 0.15) is 5.82 Å². The molecule has 3 aromatic rings. The molecule has 4 atom stereocenters. The highest BCUT2D eigenvalue weighted by atomic mass is 19.1. The number of rotatable bonds is 3. The summed E-state index contributed by atoms with van der Waals surface area (Å²) < 4.78 is 15.3. The van der Waals surface area contributed by atoms with Crippen LogP contribution < -0.4 is 10.2 Å². The molecular formula is C25H22FN5O2. The lowest BCUT2D eigenvalue weighted by Crippen LogP contribution is -2.32. The number of aromatic nitrogens is 3. The maximum Gasteiger partial charge on any atom is 0.260 e. The van der Waals surface area contributed by atoms with Crippen molar-refractivity contribution in [2.24, 2.45) is 11.8 Å². The van der Waals surface area contributed by atoms with Gasteiger partial charge in [0.2, 0.25) is 17.8 Å². The van der Waals surface area contributed by atoms with Crippen LogP contribution in [0.5, 0.6) is 0 Å². The topological polar surface area (TPSA) is 80.1 Å². The molecule has 1 N–H and O–H groups in total. The monoisotopic (exact) mass is 443 g/mol. The molecule has 0 bridgehead atoms. The molecule has 33 heavy (non-hydrogen) atoms. The van der Waals surface area contributed by atoms with Crippen molar-refractivity contribution < 1.29 is 14.0 Å². The SMILES string of the molecule is O=C1[C@H]2CC=CC[C@@H]2C(=O)N1c1nc2n(n1)[C@H](c1ccc(F)cc1)C[C@@H](c1ccccc1)N2. The second-order valence-electron chi connectivity index (χ2n) is 8.76. The highest BCUT2D eigenvalue weighted by Gasteiger charge is 2.49. The van der Waals surface area contributed by atoms with Crippen molar-refractivity contribution in [2.45, 2.75) is 31.3 Å². The molecule has 7 nitrogen and oxygen atoms in total. The van der Waals surface area contributed by atoms with Gasteiger partial charge >= 0.3 is 0 Å². The normalized spacial score (nSPS) is 26.2. The Hall–Kier alpha value is -3.81. The van der Waals surface area contributed by atoms with Crippen LogP contribution in [0.4, 0.5) is 16.3 Å². The van der Waals surface area contributed by atoms with E-state index in [1.165, 1.54) is 12.1 Å². The number of halogens is 1. The van der Waals surface area contributed by atoms with Crippen molar-refractivity contribution >= 4 is 23.7 Å². The summed E-state index contributed by atoms with van der Waals surface area (Å²) in [5, 5.41) is 8.03. The molecule has 1 aliphatic carbocycles. The minimum absolute atomic E-state index is 0.0532. The standard InChI is InChI=1S/C25H22FN5O2/c26-17-12-10-16(11-13-17)21-14-20(15-6-2-1-3-7-15)27-24-28-25(29-31(21)24)30-22(32)18-8-4-5-9-19(18)23(30)33/h1-7,10-13,18-21H,8-9,14H2,(H,27,28,29)/t18-,19-,20-,21-/m0/s1. The van der Waals surface area contributed by atoms with Gasteiger partial charge < -0.3 is 5.32 Å². The minimum atomic E-state index is -0.346. The first-order valence-electron chi connectivity index (χ1n) is 11.2. The predicted molar refractivity (Wildman–Crippen MR) is 120 cm³/mol. The number of nitrogens with one attached hydrogen (secondary N) is 1. The van der Waals surface area contributed by atoms with Crippen LogP contribution in [0.1, 0.15) is 42.5 Å². The lowest BCUT2D eigenvalue weighted by Gasteiger charge is -2.31. The number of allylic oxidation sites excluding steroid dienone is 2. The van der Waals surface area contributed by atoms with E-state index in [2.05, 4.69) is 15.4 Å². The smallest absolute Gasteiger partial charge is 0.260 e. The molecule has 0 radical (unpaired) electrons. The zero-order chi connectivity index (χ0) is 22.5. The van der Waals surface area contributed by atoms with Gasteiger partial charge in [0, 0.05) is 0 Å². The molecule has 1 fully saturated rings. The number of anilines is 2.